The van der Waals surface area contributed by atoms with Crippen molar-refractivity contribution in [3.8, 4) is 11.5 Å². The van der Waals surface area contributed by atoms with Crippen LogP contribution in [0.2, 0.25) is 0 Å². The summed E-state index contributed by atoms with van der Waals surface area (Å²) >= 11 is 0. The van der Waals surface area contributed by atoms with Gasteiger partial charge in [-0.2, -0.15) is 5.10 Å². The number of hydrogen-bond donors (Lipinski definition) is 3. The molecule has 0 aliphatic carbocycles. The number of benzene rings is 1. The van der Waals surface area contributed by atoms with Crippen molar-refractivity contribution in [2.24, 2.45) is 5.10 Å². The Kier molecular flexibility index (Phi) is 6.31. The van der Waals surface area contributed by atoms with Crippen LogP contribution < -0.4 is 26.1 Å². The number of aromatic nitrogens is 2. The van der Waals surface area contributed by atoms with Crippen LogP contribution in [0.1, 0.15) is 23.7 Å². The van der Waals surface area contributed by atoms with Crippen molar-refractivity contribution in [3.63, 3.8) is 0 Å². The predicted octanol–water partition coefficient (Wildman–Crippen LogP) is 0.472. The molecule has 3 N–H and O–H groups in total. The SMILES string of the molecule is CCOc1cc(/C=N\NC(=O)Cc2c(C)[nH]c(=O)[nH]c2=O)ccc1OC. The molecule has 0 bridgehead atoms. The number of amides is 1. The summed E-state index contributed by atoms with van der Waals surface area (Å²) in [5, 5.41) is 3.87. The van der Waals surface area contributed by atoms with E-state index < -0.39 is 17.2 Å². The number of H-pyrrole nitrogens is 2. The van der Waals surface area contributed by atoms with Gasteiger partial charge in [0.15, 0.2) is 11.5 Å². The zero-order valence-corrected chi connectivity index (χ0v) is 14.7. The standard InChI is InChI=1S/C17H20N4O5/c1-4-26-14-7-11(5-6-13(14)25-3)9-18-21-15(22)8-12-10(2)19-17(24)20-16(12)23/h5-7,9H,4,8H2,1-3H3,(H,21,22)(H2,19,20,23,24)/b18-9-. The number of hydrazone groups is 1. The van der Waals surface area contributed by atoms with E-state index in [9.17, 15) is 14.4 Å². The second-order valence-corrected chi connectivity index (χ2v) is 5.33. The summed E-state index contributed by atoms with van der Waals surface area (Å²) in [5.41, 5.74) is 2.36. The Labute approximate surface area is 149 Å². The lowest BCUT2D eigenvalue weighted by atomic mass is 10.1. The highest BCUT2D eigenvalue weighted by atomic mass is 16.5. The average Bonchev–Trinajstić information content (AvgIpc) is 2.58. The monoisotopic (exact) mass is 360 g/mol. The molecular weight excluding hydrogens is 340 g/mol. The van der Waals surface area contributed by atoms with E-state index in [2.05, 4.69) is 20.5 Å². The molecule has 9 nitrogen and oxygen atoms in total. The maximum absolute atomic E-state index is 11.9. The van der Waals surface area contributed by atoms with Crippen molar-refractivity contribution >= 4 is 12.1 Å². The number of nitrogens with one attached hydrogen (secondary N) is 3. The first kappa shape index (κ1) is 19.0. The number of aromatic amines is 2. The Morgan fingerprint density at radius 3 is 2.69 bits per heavy atom. The van der Waals surface area contributed by atoms with Crippen molar-refractivity contribution in [2.45, 2.75) is 20.3 Å². The van der Waals surface area contributed by atoms with E-state index in [1.165, 1.54) is 6.21 Å². The van der Waals surface area contributed by atoms with E-state index in [-0.39, 0.29) is 12.0 Å². The highest BCUT2D eigenvalue weighted by Gasteiger charge is 2.10. The van der Waals surface area contributed by atoms with Gasteiger partial charge in [-0.1, -0.05) is 0 Å². The van der Waals surface area contributed by atoms with Crippen LogP contribution in [0.3, 0.4) is 0 Å². The molecule has 0 atom stereocenters. The number of ether oxygens (including phenoxy) is 2. The Balaban J connectivity index is 2.04. The Morgan fingerprint density at radius 2 is 2.04 bits per heavy atom. The van der Waals surface area contributed by atoms with Gasteiger partial charge in [0.25, 0.3) is 5.56 Å². The number of carbonyl (C=O) groups excluding carboxylic acids is 1. The van der Waals surface area contributed by atoms with Gasteiger partial charge in [-0.15, -0.1) is 0 Å². The summed E-state index contributed by atoms with van der Waals surface area (Å²) < 4.78 is 10.7. The third kappa shape index (κ3) is 4.82. The van der Waals surface area contributed by atoms with Crippen LogP contribution in [-0.4, -0.2) is 35.8 Å². The molecule has 0 aliphatic rings. The fraction of sp³-hybridized carbons (Fsp3) is 0.294. The summed E-state index contributed by atoms with van der Waals surface area (Å²) in [4.78, 5) is 39.3. The molecule has 2 rings (SSSR count). The zero-order chi connectivity index (χ0) is 19.1. The maximum atomic E-state index is 11.9. The van der Waals surface area contributed by atoms with E-state index in [0.717, 1.165) is 0 Å². The van der Waals surface area contributed by atoms with E-state index in [0.29, 0.717) is 29.4 Å². The van der Waals surface area contributed by atoms with Crippen LogP contribution in [0.5, 0.6) is 11.5 Å². The maximum Gasteiger partial charge on any atom is 0.325 e. The molecular formula is C17H20N4O5. The molecule has 0 saturated heterocycles. The van der Waals surface area contributed by atoms with Crippen molar-refractivity contribution in [1.82, 2.24) is 15.4 Å². The molecule has 0 aliphatic heterocycles. The topological polar surface area (TPSA) is 126 Å². The van der Waals surface area contributed by atoms with E-state index in [1.54, 1.807) is 32.2 Å². The number of nitrogens with zero attached hydrogens (tertiary/aromatic N) is 1. The molecule has 2 aromatic rings. The number of methoxy groups -OCH3 is 1. The minimum Gasteiger partial charge on any atom is -0.493 e. The number of hydrogen-bond acceptors (Lipinski definition) is 6. The fourth-order valence-electron chi connectivity index (χ4n) is 2.26. The minimum atomic E-state index is -0.612. The minimum absolute atomic E-state index is 0.181. The highest BCUT2D eigenvalue weighted by Crippen LogP contribution is 2.27. The Hall–Kier alpha value is -3.36. The first-order valence-electron chi connectivity index (χ1n) is 7.89. The lowest BCUT2D eigenvalue weighted by Crippen LogP contribution is -2.30. The van der Waals surface area contributed by atoms with E-state index in [1.807, 2.05) is 6.92 Å². The van der Waals surface area contributed by atoms with Gasteiger partial charge >= 0.3 is 5.69 Å². The van der Waals surface area contributed by atoms with Gasteiger partial charge in [-0.3, -0.25) is 14.6 Å². The van der Waals surface area contributed by atoms with Crippen LogP contribution in [0.4, 0.5) is 0 Å². The molecule has 1 amide bonds. The van der Waals surface area contributed by atoms with Gasteiger partial charge in [0.1, 0.15) is 0 Å². The van der Waals surface area contributed by atoms with Gasteiger partial charge in [0, 0.05) is 11.3 Å². The number of carbonyl (C=O) groups is 1. The summed E-state index contributed by atoms with van der Waals surface area (Å²) in [6, 6.07) is 5.22. The predicted molar refractivity (Wildman–Crippen MR) is 96.0 cm³/mol. The number of aryl methyl sites for hydroxylation is 1. The van der Waals surface area contributed by atoms with Crippen molar-refractivity contribution in [2.75, 3.05) is 13.7 Å². The molecule has 0 spiro atoms. The second-order valence-electron chi connectivity index (χ2n) is 5.33. The van der Waals surface area contributed by atoms with Crippen LogP contribution in [0.15, 0.2) is 32.9 Å². The molecule has 138 valence electrons. The van der Waals surface area contributed by atoms with Crippen LogP contribution in [-0.2, 0) is 11.2 Å². The first-order valence-corrected chi connectivity index (χ1v) is 7.89. The van der Waals surface area contributed by atoms with Crippen LogP contribution in [0, 0.1) is 6.92 Å². The number of rotatable bonds is 7. The molecule has 9 heteroatoms. The third-order valence-corrected chi connectivity index (χ3v) is 3.48. The van der Waals surface area contributed by atoms with Gasteiger partial charge in [-0.05, 0) is 37.6 Å². The van der Waals surface area contributed by atoms with Gasteiger partial charge in [0.2, 0.25) is 5.91 Å². The molecule has 0 radical (unpaired) electrons. The zero-order valence-electron chi connectivity index (χ0n) is 14.7. The molecule has 1 aromatic heterocycles. The molecule has 0 fully saturated rings. The van der Waals surface area contributed by atoms with Crippen molar-refractivity contribution < 1.29 is 14.3 Å². The quantitative estimate of drug-likeness (QED) is 0.489. The van der Waals surface area contributed by atoms with Gasteiger partial charge in [-0.25, -0.2) is 10.2 Å². The third-order valence-electron chi connectivity index (χ3n) is 3.48. The fourth-order valence-corrected chi connectivity index (χ4v) is 2.26. The average molecular weight is 360 g/mol. The van der Waals surface area contributed by atoms with E-state index >= 15 is 0 Å². The summed E-state index contributed by atoms with van der Waals surface area (Å²) in [6.45, 7) is 3.90. The van der Waals surface area contributed by atoms with Crippen LogP contribution >= 0.6 is 0 Å². The van der Waals surface area contributed by atoms with E-state index in [4.69, 9.17) is 9.47 Å². The Morgan fingerprint density at radius 1 is 1.27 bits per heavy atom. The smallest absolute Gasteiger partial charge is 0.325 e. The first-order chi connectivity index (χ1) is 12.4. The van der Waals surface area contributed by atoms with Crippen LogP contribution in [0.25, 0.3) is 0 Å². The van der Waals surface area contributed by atoms with Gasteiger partial charge in [0.05, 0.1) is 26.4 Å². The largest absolute Gasteiger partial charge is 0.493 e. The van der Waals surface area contributed by atoms with Crippen molar-refractivity contribution in [3.05, 3.63) is 55.9 Å². The summed E-state index contributed by atoms with van der Waals surface area (Å²) in [6.07, 6.45) is 1.24. The molecule has 0 unspecified atom stereocenters. The van der Waals surface area contributed by atoms with Gasteiger partial charge < -0.3 is 14.5 Å². The Bertz CT molecular complexity index is 929. The summed E-state index contributed by atoms with van der Waals surface area (Å²) in [7, 11) is 1.55. The lowest BCUT2D eigenvalue weighted by Gasteiger charge is -2.09. The molecule has 26 heavy (non-hydrogen) atoms. The lowest BCUT2D eigenvalue weighted by molar-refractivity contribution is -0.120. The molecule has 1 heterocycles. The normalized spacial score (nSPS) is 10.7. The molecule has 0 saturated carbocycles. The highest BCUT2D eigenvalue weighted by molar-refractivity contribution is 5.84. The molecule has 1 aromatic carbocycles. The van der Waals surface area contributed by atoms with Crippen molar-refractivity contribution in [1.29, 1.82) is 0 Å². The summed E-state index contributed by atoms with van der Waals surface area (Å²) in [5.74, 6) is 0.682. The second kappa shape index (κ2) is 8.65.